The van der Waals surface area contributed by atoms with Crippen molar-refractivity contribution in [2.45, 2.75) is 20.8 Å². The molecule has 1 aromatic carbocycles. The molecular weight excluding hydrogens is 262 g/mol. The summed E-state index contributed by atoms with van der Waals surface area (Å²) < 4.78 is 5.50. The van der Waals surface area contributed by atoms with Crippen LogP contribution in [0.3, 0.4) is 0 Å². The molecule has 15 heavy (non-hydrogen) atoms. The van der Waals surface area contributed by atoms with Crippen LogP contribution in [0.5, 0.6) is 5.75 Å². The minimum absolute atomic E-state index is 0.0191. The van der Waals surface area contributed by atoms with E-state index in [1.807, 2.05) is 13.8 Å². The van der Waals surface area contributed by atoms with Gasteiger partial charge in [-0.3, -0.25) is 10.1 Å². The van der Waals surface area contributed by atoms with E-state index in [0.717, 1.165) is 5.56 Å². The number of hydrogen-bond acceptors (Lipinski definition) is 3. The smallest absolute Gasteiger partial charge is 0.312 e. The number of nitro benzene ring substituents is 1. The van der Waals surface area contributed by atoms with Crippen LogP contribution in [0.15, 0.2) is 16.6 Å². The van der Waals surface area contributed by atoms with E-state index in [4.69, 9.17) is 4.74 Å². The molecule has 84 valence electrons. The van der Waals surface area contributed by atoms with Crippen LogP contribution < -0.4 is 4.74 Å². The fourth-order valence-electron chi connectivity index (χ4n) is 1.05. The first kappa shape index (κ1) is 13.9. The van der Waals surface area contributed by atoms with Gasteiger partial charge in [0.05, 0.1) is 16.5 Å². The lowest BCUT2D eigenvalue weighted by Gasteiger charge is -2.04. The SMILES string of the molecule is CC.COc1c(Br)cc(C)cc1[N+](=O)[O-]. The zero-order chi connectivity index (χ0) is 12.0. The molecule has 0 atom stereocenters. The van der Waals surface area contributed by atoms with Crippen molar-refractivity contribution in [1.82, 2.24) is 0 Å². The number of nitrogens with zero attached hydrogens (tertiary/aromatic N) is 1. The van der Waals surface area contributed by atoms with Crippen molar-refractivity contribution in [3.05, 3.63) is 32.3 Å². The first-order valence-electron chi connectivity index (χ1n) is 4.54. The Kier molecular flexibility index (Phi) is 5.93. The Morgan fingerprint density at radius 3 is 2.33 bits per heavy atom. The van der Waals surface area contributed by atoms with Crippen molar-refractivity contribution >= 4 is 21.6 Å². The summed E-state index contributed by atoms with van der Waals surface area (Å²) in [7, 11) is 1.41. The van der Waals surface area contributed by atoms with Gasteiger partial charge in [-0.05, 0) is 34.5 Å². The third-order valence-corrected chi connectivity index (χ3v) is 2.16. The van der Waals surface area contributed by atoms with Crippen LogP contribution in [-0.2, 0) is 0 Å². The monoisotopic (exact) mass is 275 g/mol. The number of methoxy groups -OCH3 is 1. The summed E-state index contributed by atoms with van der Waals surface area (Å²) in [5.41, 5.74) is 0.800. The Morgan fingerprint density at radius 1 is 1.40 bits per heavy atom. The van der Waals surface area contributed by atoms with Gasteiger partial charge >= 0.3 is 5.69 Å². The highest BCUT2D eigenvalue weighted by Crippen LogP contribution is 2.35. The molecule has 0 heterocycles. The number of benzene rings is 1. The number of ether oxygens (including phenoxy) is 1. The number of nitro groups is 1. The third-order valence-electron chi connectivity index (χ3n) is 1.57. The lowest BCUT2D eigenvalue weighted by molar-refractivity contribution is -0.385. The summed E-state index contributed by atoms with van der Waals surface area (Å²) in [6.45, 7) is 5.79. The van der Waals surface area contributed by atoms with E-state index in [-0.39, 0.29) is 11.4 Å². The molecule has 0 fully saturated rings. The second-order valence-electron chi connectivity index (χ2n) is 2.56. The largest absolute Gasteiger partial charge is 0.489 e. The first-order valence-corrected chi connectivity index (χ1v) is 5.34. The predicted molar refractivity (Wildman–Crippen MR) is 63.4 cm³/mol. The minimum atomic E-state index is -0.462. The lowest BCUT2D eigenvalue weighted by atomic mass is 10.2. The zero-order valence-corrected chi connectivity index (χ0v) is 10.8. The van der Waals surface area contributed by atoms with Crippen LogP contribution in [0, 0.1) is 17.0 Å². The average molecular weight is 276 g/mol. The maximum absolute atomic E-state index is 10.6. The van der Waals surface area contributed by atoms with E-state index >= 15 is 0 Å². The normalized spacial score (nSPS) is 8.87. The Hall–Kier alpha value is -1.10. The molecule has 0 saturated heterocycles. The molecule has 0 aliphatic heterocycles. The quantitative estimate of drug-likeness (QED) is 0.611. The van der Waals surface area contributed by atoms with Gasteiger partial charge in [0, 0.05) is 6.07 Å². The number of rotatable bonds is 2. The Labute approximate surface area is 97.5 Å². The Bertz CT molecular complexity index is 353. The van der Waals surface area contributed by atoms with Crippen LogP contribution in [0.25, 0.3) is 0 Å². The predicted octanol–water partition coefficient (Wildman–Crippen LogP) is 3.70. The molecule has 0 bridgehead atoms. The summed E-state index contributed by atoms with van der Waals surface area (Å²) in [5, 5.41) is 10.6. The van der Waals surface area contributed by atoms with E-state index in [0.29, 0.717) is 4.47 Å². The Morgan fingerprint density at radius 2 is 1.93 bits per heavy atom. The summed E-state index contributed by atoms with van der Waals surface area (Å²) in [6, 6.07) is 3.25. The molecule has 0 spiro atoms. The van der Waals surface area contributed by atoms with Crippen molar-refractivity contribution in [3.63, 3.8) is 0 Å². The molecule has 4 nitrogen and oxygen atoms in total. The molecular formula is C10H14BrNO3. The van der Waals surface area contributed by atoms with Crippen LogP contribution in [0.1, 0.15) is 19.4 Å². The second kappa shape index (κ2) is 6.40. The first-order chi connectivity index (χ1) is 7.06. The number of aryl methyl sites for hydroxylation is 1. The van der Waals surface area contributed by atoms with Crippen molar-refractivity contribution in [3.8, 4) is 5.75 Å². The van der Waals surface area contributed by atoms with Gasteiger partial charge in [0.25, 0.3) is 0 Å². The molecule has 0 aliphatic carbocycles. The molecule has 0 saturated carbocycles. The van der Waals surface area contributed by atoms with E-state index in [2.05, 4.69) is 15.9 Å². The van der Waals surface area contributed by atoms with Gasteiger partial charge in [0.1, 0.15) is 0 Å². The Balaban J connectivity index is 0.000000921. The molecule has 0 N–H and O–H groups in total. The summed E-state index contributed by atoms with van der Waals surface area (Å²) in [6.07, 6.45) is 0. The summed E-state index contributed by atoms with van der Waals surface area (Å²) >= 11 is 3.20. The van der Waals surface area contributed by atoms with Crippen molar-refractivity contribution in [2.24, 2.45) is 0 Å². The molecule has 0 radical (unpaired) electrons. The molecule has 1 rings (SSSR count). The van der Waals surface area contributed by atoms with Crippen LogP contribution >= 0.6 is 15.9 Å². The molecule has 0 aromatic heterocycles. The summed E-state index contributed by atoms with van der Waals surface area (Å²) in [5.74, 6) is 0.260. The van der Waals surface area contributed by atoms with E-state index in [1.54, 1.807) is 13.0 Å². The maximum atomic E-state index is 10.6. The third kappa shape index (κ3) is 3.51. The van der Waals surface area contributed by atoms with E-state index in [1.165, 1.54) is 13.2 Å². The van der Waals surface area contributed by atoms with Gasteiger partial charge in [-0.25, -0.2) is 0 Å². The van der Waals surface area contributed by atoms with Crippen molar-refractivity contribution in [1.29, 1.82) is 0 Å². The van der Waals surface area contributed by atoms with Crippen LogP contribution in [0.4, 0.5) is 5.69 Å². The lowest BCUT2D eigenvalue weighted by Crippen LogP contribution is -1.95. The van der Waals surface area contributed by atoms with Gasteiger partial charge in [0.15, 0.2) is 0 Å². The highest BCUT2D eigenvalue weighted by molar-refractivity contribution is 9.10. The summed E-state index contributed by atoms with van der Waals surface area (Å²) in [4.78, 5) is 10.1. The number of hydrogen-bond donors (Lipinski definition) is 0. The molecule has 0 aliphatic rings. The van der Waals surface area contributed by atoms with Gasteiger partial charge < -0.3 is 4.74 Å². The maximum Gasteiger partial charge on any atom is 0.312 e. The standard InChI is InChI=1S/C8H8BrNO3.C2H6/c1-5-3-6(9)8(13-2)7(4-5)10(11)12;1-2/h3-4H,1-2H3;1-2H3. The highest BCUT2D eigenvalue weighted by atomic mass is 79.9. The highest BCUT2D eigenvalue weighted by Gasteiger charge is 2.17. The second-order valence-corrected chi connectivity index (χ2v) is 3.41. The van der Waals surface area contributed by atoms with Gasteiger partial charge in [-0.2, -0.15) is 0 Å². The zero-order valence-electron chi connectivity index (χ0n) is 9.20. The van der Waals surface area contributed by atoms with Gasteiger partial charge in [-0.1, -0.05) is 13.8 Å². The van der Waals surface area contributed by atoms with E-state index < -0.39 is 4.92 Å². The van der Waals surface area contributed by atoms with E-state index in [9.17, 15) is 10.1 Å². The topological polar surface area (TPSA) is 52.4 Å². The fourth-order valence-corrected chi connectivity index (χ4v) is 1.77. The average Bonchev–Trinajstić information content (AvgIpc) is 2.19. The minimum Gasteiger partial charge on any atom is -0.489 e. The van der Waals surface area contributed by atoms with Crippen LogP contribution in [-0.4, -0.2) is 12.0 Å². The molecule has 0 amide bonds. The number of halogens is 1. The van der Waals surface area contributed by atoms with Crippen molar-refractivity contribution in [2.75, 3.05) is 7.11 Å². The molecule has 5 heteroatoms. The fraction of sp³-hybridized carbons (Fsp3) is 0.400. The molecule has 1 aromatic rings. The molecule has 0 unspecified atom stereocenters. The van der Waals surface area contributed by atoms with Crippen LogP contribution in [0.2, 0.25) is 0 Å². The van der Waals surface area contributed by atoms with Crippen molar-refractivity contribution < 1.29 is 9.66 Å². The van der Waals surface area contributed by atoms with Gasteiger partial charge in [0.2, 0.25) is 5.75 Å². The van der Waals surface area contributed by atoms with Gasteiger partial charge in [-0.15, -0.1) is 0 Å².